The first kappa shape index (κ1) is 20.9. The second-order valence-electron chi connectivity index (χ2n) is 8.23. The fraction of sp³-hybridized carbons (Fsp3) is 0.208. The van der Waals surface area contributed by atoms with Crippen molar-refractivity contribution >= 4 is 28.6 Å². The monoisotopic (exact) mass is 448 g/mol. The number of rotatable bonds is 4. The maximum absolute atomic E-state index is 15.2. The number of hydrogen-bond donors (Lipinski definition) is 1. The Bertz CT molecular complexity index is 1400. The third-order valence-electron chi connectivity index (χ3n) is 5.99. The molecule has 33 heavy (non-hydrogen) atoms. The number of fused-ring (bicyclic) bond motifs is 1. The molecule has 0 saturated carbocycles. The maximum atomic E-state index is 15.2. The molecule has 168 valence electrons. The summed E-state index contributed by atoms with van der Waals surface area (Å²) in [7, 11) is 1.80. The lowest BCUT2D eigenvalue weighted by molar-refractivity contribution is 0.218. The van der Waals surface area contributed by atoms with Crippen molar-refractivity contribution in [2.24, 2.45) is 7.05 Å². The van der Waals surface area contributed by atoms with Crippen LogP contribution in [0.3, 0.4) is 0 Å². The van der Waals surface area contributed by atoms with Gasteiger partial charge in [-0.3, -0.25) is 4.90 Å². The first-order chi connectivity index (χ1) is 15.8. The van der Waals surface area contributed by atoms with Gasteiger partial charge in [0.1, 0.15) is 29.4 Å². The first-order valence-electron chi connectivity index (χ1n) is 10.5. The number of amides is 2. The van der Waals surface area contributed by atoms with Crippen LogP contribution in [0.1, 0.15) is 11.1 Å². The molecule has 2 amide bonds. The second kappa shape index (κ2) is 7.84. The molecular formula is C24H22F2N6O. The molecule has 9 heteroatoms. The smallest absolute Gasteiger partial charge is 0.324 e. The van der Waals surface area contributed by atoms with Crippen LogP contribution in [0.2, 0.25) is 0 Å². The van der Waals surface area contributed by atoms with E-state index in [0.29, 0.717) is 46.5 Å². The molecule has 2 N–H and O–H groups in total. The summed E-state index contributed by atoms with van der Waals surface area (Å²) in [4.78, 5) is 24.3. The largest absolute Gasteiger partial charge is 0.383 e. The molecule has 1 saturated heterocycles. The number of nitrogens with zero attached hydrogens (tertiary/aromatic N) is 5. The van der Waals surface area contributed by atoms with Crippen molar-refractivity contribution in [3.63, 3.8) is 0 Å². The fourth-order valence-electron chi connectivity index (χ4n) is 4.33. The molecule has 0 spiro atoms. The SMILES string of the molecule is Cc1ccc(F)c(CN2CCN(c3ccc(-c4cn(C)c5ncnc(N)c45)c(F)c3)C2=O)c1. The number of nitrogens with two attached hydrogens (primary N) is 1. The number of carbonyl (C=O) groups excluding carboxylic acids is 1. The summed E-state index contributed by atoms with van der Waals surface area (Å²) >= 11 is 0. The average molecular weight is 448 g/mol. The third kappa shape index (κ3) is 3.55. The number of benzene rings is 2. The predicted octanol–water partition coefficient (Wildman–Crippen LogP) is 4.25. The molecule has 0 aliphatic carbocycles. The van der Waals surface area contributed by atoms with E-state index in [9.17, 15) is 9.18 Å². The Hall–Kier alpha value is -4.01. The zero-order chi connectivity index (χ0) is 23.3. The van der Waals surface area contributed by atoms with E-state index in [2.05, 4.69) is 9.97 Å². The van der Waals surface area contributed by atoms with E-state index in [1.54, 1.807) is 47.0 Å². The van der Waals surface area contributed by atoms with Crippen LogP contribution in [0.5, 0.6) is 0 Å². The van der Waals surface area contributed by atoms with Crippen LogP contribution in [0, 0.1) is 18.6 Å². The normalized spacial score (nSPS) is 14.0. The highest BCUT2D eigenvalue weighted by molar-refractivity contribution is 6.01. The van der Waals surface area contributed by atoms with Gasteiger partial charge in [-0.2, -0.15) is 0 Å². The van der Waals surface area contributed by atoms with Crippen LogP contribution >= 0.6 is 0 Å². The molecular weight excluding hydrogens is 426 g/mol. The third-order valence-corrected chi connectivity index (χ3v) is 5.99. The minimum Gasteiger partial charge on any atom is -0.383 e. The molecule has 0 radical (unpaired) electrons. The Morgan fingerprint density at radius 3 is 2.64 bits per heavy atom. The van der Waals surface area contributed by atoms with E-state index in [-0.39, 0.29) is 24.2 Å². The minimum absolute atomic E-state index is 0.165. The lowest BCUT2D eigenvalue weighted by Crippen LogP contribution is -2.31. The fourth-order valence-corrected chi connectivity index (χ4v) is 4.33. The van der Waals surface area contributed by atoms with Gasteiger partial charge in [0.25, 0.3) is 0 Å². The summed E-state index contributed by atoms with van der Waals surface area (Å²) in [5.41, 5.74) is 9.39. The van der Waals surface area contributed by atoms with Gasteiger partial charge in [0, 0.05) is 48.7 Å². The van der Waals surface area contributed by atoms with Crippen LogP contribution in [-0.4, -0.2) is 38.6 Å². The van der Waals surface area contributed by atoms with E-state index in [1.807, 2.05) is 6.92 Å². The van der Waals surface area contributed by atoms with E-state index in [1.165, 1.54) is 23.4 Å². The molecule has 1 aliphatic heterocycles. The number of hydrogen-bond acceptors (Lipinski definition) is 4. The summed E-state index contributed by atoms with van der Waals surface area (Å²) < 4.78 is 31.1. The maximum Gasteiger partial charge on any atom is 0.324 e. The van der Waals surface area contributed by atoms with E-state index >= 15 is 4.39 Å². The number of aryl methyl sites for hydroxylation is 2. The molecule has 1 fully saturated rings. The van der Waals surface area contributed by atoms with Crippen molar-refractivity contribution in [1.29, 1.82) is 0 Å². The first-order valence-corrected chi connectivity index (χ1v) is 10.5. The number of urea groups is 1. The Balaban J connectivity index is 1.43. The van der Waals surface area contributed by atoms with Gasteiger partial charge in [0.15, 0.2) is 0 Å². The minimum atomic E-state index is -0.487. The summed E-state index contributed by atoms with van der Waals surface area (Å²) in [5, 5.41) is 0.579. The lowest BCUT2D eigenvalue weighted by Gasteiger charge is -2.20. The van der Waals surface area contributed by atoms with Crippen LogP contribution in [0.15, 0.2) is 48.9 Å². The Kier molecular flexibility index (Phi) is 4.96. The van der Waals surface area contributed by atoms with Gasteiger partial charge in [-0.15, -0.1) is 0 Å². The van der Waals surface area contributed by atoms with Gasteiger partial charge in [0.2, 0.25) is 0 Å². The van der Waals surface area contributed by atoms with Crippen LogP contribution in [0.4, 0.5) is 25.1 Å². The molecule has 1 aliphatic rings. The van der Waals surface area contributed by atoms with Crippen molar-refractivity contribution in [2.75, 3.05) is 23.7 Å². The van der Waals surface area contributed by atoms with E-state index < -0.39 is 5.82 Å². The summed E-state index contributed by atoms with van der Waals surface area (Å²) in [6.07, 6.45) is 3.13. The molecule has 0 bridgehead atoms. The zero-order valence-electron chi connectivity index (χ0n) is 18.2. The van der Waals surface area contributed by atoms with Crippen molar-refractivity contribution < 1.29 is 13.6 Å². The molecule has 5 rings (SSSR count). The van der Waals surface area contributed by atoms with Crippen molar-refractivity contribution in [3.8, 4) is 11.1 Å². The summed E-state index contributed by atoms with van der Waals surface area (Å²) in [6.45, 7) is 2.85. The van der Waals surface area contributed by atoms with Crippen molar-refractivity contribution in [1.82, 2.24) is 19.4 Å². The molecule has 0 unspecified atom stereocenters. The van der Waals surface area contributed by atoms with Crippen molar-refractivity contribution in [3.05, 3.63) is 71.7 Å². The van der Waals surface area contributed by atoms with Gasteiger partial charge in [-0.1, -0.05) is 17.7 Å². The average Bonchev–Trinajstić information content (AvgIpc) is 3.31. The number of carbonyl (C=O) groups is 1. The molecule has 7 nitrogen and oxygen atoms in total. The quantitative estimate of drug-likeness (QED) is 0.506. The zero-order valence-corrected chi connectivity index (χ0v) is 18.2. The molecule has 2 aromatic heterocycles. The highest BCUT2D eigenvalue weighted by Gasteiger charge is 2.30. The predicted molar refractivity (Wildman–Crippen MR) is 123 cm³/mol. The van der Waals surface area contributed by atoms with Gasteiger partial charge < -0.3 is 15.2 Å². The molecule has 0 atom stereocenters. The highest BCUT2D eigenvalue weighted by atomic mass is 19.1. The summed E-state index contributed by atoms with van der Waals surface area (Å²) in [5.74, 6) is -0.562. The number of halogens is 2. The van der Waals surface area contributed by atoms with Crippen molar-refractivity contribution in [2.45, 2.75) is 13.5 Å². The van der Waals surface area contributed by atoms with Gasteiger partial charge >= 0.3 is 6.03 Å². The molecule has 2 aromatic carbocycles. The summed E-state index contributed by atoms with van der Waals surface area (Å²) in [6, 6.07) is 9.21. The van der Waals surface area contributed by atoms with Crippen LogP contribution < -0.4 is 10.6 Å². The second-order valence-corrected chi connectivity index (χ2v) is 8.23. The standard InChI is InChI=1S/C24H22F2N6O/c1-14-3-6-19(25)15(9-14)11-31-7-8-32(24(31)33)16-4-5-17(20(26)10-16)18-12-30(2)23-21(18)22(27)28-13-29-23/h3-6,9-10,12-13H,7-8,11H2,1-2H3,(H2,27,28,29). The van der Waals surface area contributed by atoms with Gasteiger partial charge in [0.05, 0.1) is 11.9 Å². The number of aromatic nitrogens is 3. The van der Waals surface area contributed by atoms with Crippen LogP contribution in [-0.2, 0) is 13.6 Å². The Labute approximate surface area is 189 Å². The lowest BCUT2D eigenvalue weighted by atomic mass is 10.0. The molecule has 3 heterocycles. The highest BCUT2D eigenvalue weighted by Crippen LogP contribution is 2.35. The van der Waals surface area contributed by atoms with Gasteiger partial charge in [-0.05, 0) is 31.2 Å². The number of nitrogen functional groups attached to an aromatic ring is 1. The topological polar surface area (TPSA) is 80.3 Å². The number of anilines is 2. The van der Waals surface area contributed by atoms with Crippen LogP contribution in [0.25, 0.3) is 22.2 Å². The van der Waals surface area contributed by atoms with E-state index in [4.69, 9.17) is 5.73 Å². The molecule has 4 aromatic rings. The Morgan fingerprint density at radius 2 is 1.85 bits per heavy atom. The Morgan fingerprint density at radius 1 is 1.03 bits per heavy atom. The van der Waals surface area contributed by atoms with Gasteiger partial charge in [-0.25, -0.2) is 23.5 Å². The van der Waals surface area contributed by atoms with E-state index in [0.717, 1.165) is 5.56 Å².